The number of rotatable bonds is 4. The van der Waals surface area contributed by atoms with E-state index in [0.29, 0.717) is 12.3 Å². The van der Waals surface area contributed by atoms with Crippen molar-refractivity contribution in [3.63, 3.8) is 0 Å². The molecule has 0 unspecified atom stereocenters. The standard InChI is InChI=1S/C12H18N2O3/c1-2-6-16-10-4-3-5-14(8-10)12(15)11-7-13-9-17-11/h7,9-10H,2-6,8H2,1H3/t10-/m0/s1. The second-order valence-corrected chi connectivity index (χ2v) is 4.25. The van der Waals surface area contributed by atoms with Gasteiger partial charge in [0.1, 0.15) is 0 Å². The Labute approximate surface area is 101 Å². The van der Waals surface area contributed by atoms with Crippen molar-refractivity contribution in [1.29, 1.82) is 0 Å². The fraction of sp³-hybridized carbons (Fsp3) is 0.667. The number of hydrogen-bond donors (Lipinski definition) is 0. The first-order chi connectivity index (χ1) is 8.31. The smallest absolute Gasteiger partial charge is 0.291 e. The van der Waals surface area contributed by atoms with Crippen LogP contribution in [0.4, 0.5) is 0 Å². The summed E-state index contributed by atoms with van der Waals surface area (Å²) in [5, 5.41) is 0. The van der Waals surface area contributed by atoms with Crippen molar-refractivity contribution in [2.75, 3.05) is 19.7 Å². The van der Waals surface area contributed by atoms with Gasteiger partial charge in [0, 0.05) is 19.7 Å². The fourth-order valence-corrected chi connectivity index (χ4v) is 2.02. The van der Waals surface area contributed by atoms with Gasteiger partial charge in [-0.1, -0.05) is 6.92 Å². The lowest BCUT2D eigenvalue weighted by molar-refractivity contribution is 0.00115. The molecule has 0 bridgehead atoms. The summed E-state index contributed by atoms with van der Waals surface area (Å²) < 4.78 is 10.7. The van der Waals surface area contributed by atoms with Gasteiger partial charge in [-0.2, -0.15) is 0 Å². The van der Waals surface area contributed by atoms with Gasteiger partial charge in [0.25, 0.3) is 5.91 Å². The third kappa shape index (κ3) is 3.06. The van der Waals surface area contributed by atoms with Gasteiger partial charge in [-0.15, -0.1) is 0 Å². The van der Waals surface area contributed by atoms with Crippen molar-refractivity contribution >= 4 is 5.91 Å². The second-order valence-electron chi connectivity index (χ2n) is 4.25. The third-order valence-electron chi connectivity index (χ3n) is 2.87. The van der Waals surface area contributed by atoms with E-state index in [1.807, 2.05) is 0 Å². The van der Waals surface area contributed by atoms with E-state index in [2.05, 4.69) is 11.9 Å². The lowest BCUT2D eigenvalue weighted by Crippen LogP contribution is -2.43. The van der Waals surface area contributed by atoms with Gasteiger partial charge in [0.05, 0.1) is 12.3 Å². The number of amides is 1. The fourth-order valence-electron chi connectivity index (χ4n) is 2.02. The molecule has 5 nitrogen and oxygen atoms in total. The number of carbonyl (C=O) groups excluding carboxylic acids is 1. The van der Waals surface area contributed by atoms with E-state index in [-0.39, 0.29) is 12.0 Å². The van der Waals surface area contributed by atoms with Crippen LogP contribution in [-0.2, 0) is 4.74 Å². The highest BCUT2D eigenvalue weighted by molar-refractivity contribution is 5.91. The monoisotopic (exact) mass is 238 g/mol. The Morgan fingerprint density at radius 3 is 3.29 bits per heavy atom. The van der Waals surface area contributed by atoms with E-state index >= 15 is 0 Å². The van der Waals surface area contributed by atoms with Gasteiger partial charge in [-0.05, 0) is 19.3 Å². The molecule has 0 N–H and O–H groups in total. The first-order valence-corrected chi connectivity index (χ1v) is 6.10. The summed E-state index contributed by atoms with van der Waals surface area (Å²) in [7, 11) is 0. The predicted octanol–water partition coefficient (Wildman–Crippen LogP) is 1.71. The molecule has 17 heavy (non-hydrogen) atoms. The molecule has 0 radical (unpaired) electrons. The summed E-state index contributed by atoms with van der Waals surface area (Å²) in [6, 6.07) is 0. The molecule has 1 saturated heterocycles. The molecule has 0 saturated carbocycles. The van der Waals surface area contributed by atoms with Crippen LogP contribution in [0.3, 0.4) is 0 Å². The molecule has 2 rings (SSSR count). The maximum Gasteiger partial charge on any atom is 0.291 e. The molecule has 1 aliphatic heterocycles. The molecule has 2 heterocycles. The predicted molar refractivity (Wildman–Crippen MR) is 61.7 cm³/mol. The van der Waals surface area contributed by atoms with E-state index < -0.39 is 0 Å². The van der Waals surface area contributed by atoms with Crippen molar-refractivity contribution in [3.05, 3.63) is 18.4 Å². The second kappa shape index (κ2) is 5.82. The highest BCUT2D eigenvalue weighted by atomic mass is 16.5. The summed E-state index contributed by atoms with van der Waals surface area (Å²) in [5.74, 6) is 0.216. The van der Waals surface area contributed by atoms with Crippen molar-refractivity contribution in [2.45, 2.75) is 32.3 Å². The summed E-state index contributed by atoms with van der Waals surface area (Å²) >= 11 is 0. The van der Waals surface area contributed by atoms with Gasteiger partial charge in [-0.3, -0.25) is 4.79 Å². The molecule has 1 amide bonds. The average Bonchev–Trinajstić information content (AvgIpc) is 2.89. The van der Waals surface area contributed by atoms with Crippen LogP contribution < -0.4 is 0 Å². The van der Waals surface area contributed by atoms with Crippen LogP contribution in [0.15, 0.2) is 17.0 Å². The van der Waals surface area contributed by atoms with Crippen LogP contribution in [0.2, 0.25) is 0 Å². The summed E-state index contributed by atoms with van der Waals surface area (Å²) in [6.45, 7) is 4.26. The molecule has 1 atom stereocenters. The largest absolute Gasteiger partial charge is 0.438 e. The molecule has 1 fully saturated rings. The molecule has 5 heteroatoms. The Bertz CT molecular complexity index is 351. The summed E-state index contributed by atoms with van der Waals surface area (Å²) in [4.78, 5) is 17.6. The molecule has 0 aliphatic carbocycles. The lowest BCUT2D eigenvalue weighted by atomic mass is 10.1. The minimum absolute atomic E-state index is 0.0905. The van der Waals surface area contributed by atoms with E-state index in [1.165, 1.54) is 12.6 Å². The first kappa shape index (κ1) is 12.1. The number of oxazole rings is 1. The van der Waals surface area contributed by atoms with Crippen molar-refractivity contribution in [3.8, 4) is 0 Å². The van der Waals surface area contributed by atoms with E-state index in [1.54, 1.807) is 4.90 Å². The van der Waals surface area contributed by atoms with Gasteiger partial charge in [0.2, 0.25) is 5.76 Å². The molecule has 0 spiro atoms. The Morgan fingerprint density at radius 1 is 1.71 bits per heavy atom. The Kier molecular flexibility index (Phi) is 4.14. The SMILES string of the molecule is CCCO[C@H]1CCCN(C(=O)c2cnco2)C1. The third-order valence-corrected chi connectivity index (χ3v) is 2.87. The molecule has 1 aromatic heterocycles. The lowest BCUT2D eigenvalue weighted by Gasteiger charge is -2.32. The first-order valence-electron chi connectivity index (χ1n) is 6.10. The quantitative estimate of drug-likeness (QED) is 0.801. The van der Waals surface area contributed by atoms with Crippen LogP contribution in [0.5, 0.6) is 0 Å². The number of hydrogen-bond acceptors (Lipinski definition) is 4. The van der Waals surface area contributed by atoms with Gasteiger partial charge >= 0.3 is 0 Å². The van der Waals surface area contributed by atoms with Gasteiger partial charge < -0.3 is 14.1 Å². The molecular weight excluding hydrogens is 220 g/mol. The molecule has 0 aromatic carbocycles. The summed E-state index contributed by atoms with van der Waals surface area (Å²) in [5.41, 5.74) is 0. The molecule has 94 valence electrons. The zero-order valence-electron chi connectivity index (χ0n) is 10.1. The number of aromatic nitrogens is 1. The molecule has 1 aliphatic rings. The van der Waals surface area contributed by atoms with Crippen LogP contribution in [-0.4, -0.2) is 41.6 Å². The van der Waals surface area contributed by atoms with Crippen LogP contribution in [0.25, 0.3) is 0 Å². The topological polar surface area (TPSA) is 55.6 Å². The Hall–Kier alpha value is -1.36. The van der Waals surface area contributed by atoms with Crippen molar-refractivity contribution in [2.24, 2.45) is 0 Å². The maximum absolute atomic E-state index is 12.0. The number of carbonyl (C=O) groups is 1. The zero-order valence-corrected chi connectivity index (χ0v) is 10.1. The molecular formula is C12H18N2O3. The summed E-state index contributed by atoms with van der Waals surface area (Å²) in [6.07, 6.45) is 5.91. The van der Waals surface area contributed by atoms with Crippen LogP contribution in [0.1, 0.15) is 36.7 Å². The highest BCUT2D eigenvalue weighted by Gasteiger charge is 2.26. The highest BCUT2D eigenvalue weighted by Crippen LogP contribution is 2.16. The minimum atomic E-state index is -0.0905. The van der Waals surface area contributed by atoms with E-state index in [0.717, 1.165) is 32.4 Å². The van der Waals surface area contributed by atoms with Crippen LogP contribution >= 0.6 is 0 Å². The minimum Gasteiger partial charge on any atom is -0.438 e. The van der Waals surface area contributed by atoms with Crippen LogP contribution in [0, 0.1) is 0 Å². The van der Waals surface area contributed by atoms with Gasteiger partial charge in [0.15, 0.2) is 6.39 Å². The number of nitrogens with zero attached hydrogens (tertiary/aromatic N) is 2. The van der Waals surface area contributed by atoms with Gasteiger partial charge in [-0.25, -0.2) is 4.98 Å². The zero-order chi connectivity index (χ0) is 12.1. The Balaban J connectivity index is 1.90. The average molecular weight is 238 g/mol. The van der Waals surface area contributed by atoms with E-state index in [4.69, 9.17) is 9.15 Å². The van der Waals surface area contributed by atoms with Crippen molar-refractivity contribution in [1.82, 2.24) is 9.88 Å². The molecule has 1 aromatic rings. The number of likely N-dealkylation sites (tertiary alicyclic amines) is 1. The Morgan fingerprint density at radius 2 is 2.59 bits per heavy atom. The number of piperidine rings is 1. The number of ether oxygens (including phenoxy) is 1. The van der Waals surface area contributed by atoms with Crippen molar-refractivity contribution < 1.29 is 13.9 Å². The van der Waals surface area contributed by atoms with E-state index in [9.17, 15) is 4.79 Å². The normalized spacial score (nSPS) is 20.5. The maximum atomic E-state index is 12.0.